The van der Waals surface area contributed by atoms with Gasteiger partial charge in [0, 0.05) is 6.61 Å². The molecule has 1 heterocycles. The van der Waals surface area contributed by atoms with Gasteiger partial charge in [0.1, 0.15) is 24.4 Å². The van der Waals surface area contributed by atoms with Crippen molar-refractivity contribution in [3.05, 3.63) is 12.2 Å². The molecule has 0 radical (unpaired) electrons. The number of unbranched alkanes of at least 4 members (excludes halogenated alkanes) is 13. The molecule has 0 amide bonds. The highest BCUT2D eigenvalue weighted by Crippen LogP contribution is 2.18. The average Bonchev–Trinajstić information content (AvgIpc) is 3.08. The van der Waals surface area contributed by atoms with Gasteiger partial charge in [-0.3, -0.25) is 0 Å². The van der Waals surface area contributed by atoms with Crippen LogP contribution in [-0.2, 0) is 9.47 Å². The third kappa shape index (κ3) is 13.8. The van der Waals surface area contributed by atoms with E-state index in [2.05, 4.69) is 19.1 Å². The molecule has 0 spiro atoms. The topological polar surface area (TPSA) is 79.2 Å². The number of aliphatic hydroxyl groups is 3. The molecule has 178 valence electrons. The zero-order chi connectivity index (χ0) is 21.9. The SMILES string of the molecule is CCCCCCCCCCCCC/C=C/CCCCOC[C@H](O)[C@@H]1OC[C@@H](O)[C@@H]1O. The van der Waals surface area contributed by atoms with Crippen molar-refractivity contribution in [1.29, 1.82) is 0 Å². The molecule has 1 fully saturated rings. The van der Waals surface area contributed by atoms with E-state index < -0.39 is 24.4 Å². The molecule has 1 aliphatic rings. The number of hydrogen-bond donors (Lipinski definition) is 3. The molecule has 0 aromatic heterocycles. The van der Waals surface area contributed by atoms with Crippen molar-refractivity contribution in [2.24, 2.45) is 0 Å². The molecule has 4 atom stereocenters. The lowest BCUT2D eigenvalue weighted by Crippen LogP contribution is -2.40. The Kier molecular flexibility index (Phi) is 17.7. The van der Waals surface area contributed by atoms with Crippen molar-refractivity contribution in [1.82, 2.24) is 0 Å². The van der Waals surface area contributed by atoms with E-state index in [1.165, 1.54) is 77.0 Å². The fraction of sp³-hybridized carbons (Fsp3) is 0.920. The maximum Gasteiger partial charge on any atom is 0.114 e. The fourth-order valence-electron chi connectivity index (χ4n) is 3.89. The first-order chi connectivity index (χ1) is 14.7. The third-order valence-electron chi connectivity index (χ3n) is 5.91. The first-order valence-electron chi connectivity index (χ1n) is 12.5. The van der Waals surface area contributed by atoms with E-state index in [9.17, 15) is 15.3 Å². The summed E-state index contributed by atoms with van der Waals surface area (Å²) in [5.41, 5.74) is 0. The van der Waals surface area contributed by atoms with E-state index in [-0.39, 0.29) is 13.2 Å². The first-order valence-corrected chi connectivity index (χ1v) is 12.5. The summed E-state index contributed by atoms with van der Waals surface area (Å²) in [5, 5.41) is 29.1. The molecule has 0 aromatic carbocycles. The fourth-order valence-corrected chi connectivity index (χ4v) is 3.89. The standard InChI is InChI=1S/C25H48O5/c1-2-3-4-5-6-7-8-9-10-11-12-13-14-15-16-17-18-19-29-20-23(27)25-24(28)22(26)21-30-25/h14-15,22-28H,2-13,16-21H2,1H3/b15-14+/t22-,23+,24+,25+/m1/s1. The molecule has 1 rings (SSSR count). The lowest BCUT2D eigenvalue weighted by atomic mass is 10.1. The smallest absolute Gasteiger partial charge is 0.114 e. The third-order valence-corrected chi connectivity index (χ3v) is 5.91. The predicted octanol–water partition coefficient (Wildman–Crippen LogP) is 4.91. The van der Waals surface area contributed by atoms with Crippen LogP contribution in [0.15, 0.2) is 12.2 Å². The minimum atomic E-state index is -1.03. The van der Waals surface area contributed by atoms with Gasteiger partial charge in [-0.2, -0.15) is 0 Å². The van der Waals surface area contributed by atoms with Gasteiger partial charge in [-0.15, -0.1) is 0 Å². The van der Waals surface area contributed by atoms with Crippen LogP contribution in [0.25, 0.3) is 0 Å². The van der Waals surface area contributed by atoms with E-state index >= 15 is 0 Å². The van der Waals surface area contributed by atoms with Crippen molar-refractivity contribution in [3.8, 4) is 0 Å². The van der Waals surface area contributed by atoms with Gasteiger partial charge in [-0.1, -0.05) is 83.3 Å². The van der Waals surface area contributed by atoms with Crippen molar-refractivity contribution in [2.45, 2.75) is 128 Å². The van der Waals surface area contributed by atoms with Crippen LogP contribution >= 0.6 is 0 Å². The number of hydrogen-bond acceptors (Lipinski definition) is 5. The Bertz CT molecular complexity index is 401. The first kappa shape index (κ1) is 27.6. The highest BCUT2D eigenvalue weighted by Gasteiger charge is 2.39. The number of ether oxygens (including phenoxy) is 2. The van der Waals surface area contributed by atoms with Crippen LogP contribution in [0.2, 0.25) is 0 Å². The zero-order valence-electron chi connectivity index (χ0n) is 19.4. The summed E-state index contributed by atoms with van der Waals surface area (Å²) >= 11 is 0. The summed E-state index contributed by atoms with van der Waals surface area (Å²) in [6.07, 6.45) is 20.6. The highest BCUT2D eigenvalue weighted by molar-refractivity contribution is 4.87. The van der Waals surface area contributed by atoms with Gasteiger partial charge in [0.2, 0.25) is 0 Å². The zero-order valence-corrected chi connectivity index (χ0v) is 19.4. The minimum absolute atomic E-state index is 0.0639. The molecule has 5 heteroatoms. The van der Waals surface area contributed by atoms with Crippen LogP contribution in [-0.4, -0.2) is 59.6 Å². The molecule has 0 unspecified atom stereocenters. The Morgan fingerprint density at radius 2 is 1.37 bits per heavy atom. The van der Waals surface area contributed by atoms with Crippen LogP contribution in [0.1, 0.15) is 103 Å². The number of rotatable bonds is 20. The van der Waals surface area contributed by atoms with Gasteiger partial charge in [0.15, 0.2) is 0 Å². The van der Waals surface area contributed by atoms with Crippen LogP contribution in [0.5, 0.6) is 0 Å². The summed E-state index contributed by atoms with van der Waals surface area (Å²) in [6, 6.07) is 0. The molecule has 1 saturated heterocycles. The van der Waals surface area contributed by atoms with Crippen molar-refractivity contribution >= 4 is 0 Å². The Morgan fingerprint density at radius 3 is 1.90 bits per heavy atom. The second-order valence-corrected chi connectivity index (χ2v) is 8.79. The van der Waals surface area contributed by atoms with Gasteiger partial charge in [-0.05, 0) is 32.1 Å². The largest absolute Gasteiger partial charge is 0.388 e. The van der Waals surface area contributed by atoms with E-state index in [4.69, 9.17) is 9.47 Å². The van der Waals surface area contributed by atoms with Gasteiger partial charge in [0.05, 0.1) is 13.2 Å². The van der Waals surface area contributed by atoms with Gasteiger partial charge < -0.3 is 24.8 Å². The van der Waals surface area contributed by atoms with E-state index in [1.807, 2.05) is 0 Å². The molecule has 0 saturated carbocycles. The maximum absolute atomic E-state index is 9.95. The van der Waals surface area contributed by atoms with E-state index in [0.29, 0.717) is 6.61 Å². The lowest BCUT2D eigenvalue weighted by molar-refractivity contribution is -0.0813. The Morgan fingerprint density at radius 1 is 0.833 bits per heavy atom. The molecule has 5 nitrogen and oxygen atoms in total. The predicted molar refractivity (Wildman–Crippen MR) is 123 cm³/mol. The summed E-state index contributed by atoms with van der Waals surface area (Å²) in [5.74, 6) is 0. The van der Waals surface area contributed by atoms with Crippen LogP contribution in [0.3, 0.4) is 0 Å². The quantitative estimate of drug-likeness (QED) is 0.190. The van der Waals surface area contributed by atoms with Gasteiger partial charge in [-0.25, -0.2) is 0 Å². The summed E-state index contributed by atoms with van der Waals surface area (Å²) in [4.78, 5) is 0. The molecule has 30 heavy (non-hydrogen) atoms. The molecule has 3 N–H and O–H groups in total. The molecular weight excluding hydrogens is 380 g/mol. The normalized spacial score (nSPS) is 22.9. The van der Waals surface area contributed by atoms with Gasteiger partial charge >= 0.3 is 0 Å². The summed E-state index contributed by atoms with van der Waals surface area (Å²) in [7, 11) is 0. The minimum Gasteiger partial charge on any atom is -0.388 e. The van der Waals surface area contributed by atoms with E-state index in [1.54, 1.807) is 0 Å². The molecular formula is C25H48O5. The Balaban J connectivity index is 1.78. The monoisotopic (exact) mass is 428 g/mol. The van der Waals surface area contributed by atoms with Crippen LogP contribution < -0.4 is 0 Å². The molecule has 0 aliphatic carbocycles. The summed E-state index contributed by atoms with van der Waals surface area (Å²) < 4.78 is 10.7. The molecule has 0 bridgehead atoms. The molecule has 1 aliphatic heterocycles. The van der Waals surface area contributed by atoms with Crippen molar-refractivity contribution in [3.63, 3.8) is 0 Å². The number of allylic oxidation sites excluding steroid dienone is 2. The van der Waals surface area contributed by atoms with Crippen LogP contribution in [0, 0.1) is 0 Å². The second-order valence-electron chi connectivity index (χ2n) is 8.79. The summed E-state index contributed by atoms with van der Waals surface area (Å²) in [6.45, 7) is 3.06. The van der Waals surface area contributed by atoms with Crippen LogP contribution in [0.4, 0.5) is 0 Å². The highest BCUT2D eigenvalue weighted by atomic mass is 16.5. The van der Waals surface area contributed by atoms with Crippen molar-refractivity contribution < 1.29 is 24.8 Å². The maximum atomic E-state index is 9.95. The lowest BCUT2D eigenvalue weighted by Gasteiger charge is -2.20. The average molecular weight is 429 g/mol. The molecule has 0 aromatic rings. The number of aliphatic hydroxyl groups excluding tert-OH is 3. The second kappa shape index (κ2) is 19.2. The van der Waals surface area contributed by atoms with E-state index in [0.717, 1.165) is 19.3 Å². The van der Waals surface area contributed by atoms with Crippen molar-refractivity contribution in [2.75, 3.05) is 19.8 Å². The Hall–Kier alpha value is -0.460. The van der Waals surface area contributed by atoms with Gasteiger partial charge in [0.25, 0.3) is 0 Å². The Labute approximate surface area is 184 Å².